The molecule has 5 N–H and O–H groups in total. The van der Waals surface area contributed by atoms with Gasteiger partial charge in [-0.05, 0) is 48.4 Å². The van der Waals surface area contributed by atoms with Crippen molar-refractivity contribution in [2.45, 2.75) is 45.3 Å². The SMILES string of the molecule is CC(CCNC(=O)c1ccc(CN)cc1)CC(=O)NCC(=O)C(O)CCc1ccccc1. The number of Topliss-reactive ketones (excluding diaryl/α,β-unsaturated/α-hetero) is 1. The van der Waals surface area contributed by atoms with Gasteiger partial charge < -0.3 is 21.5 Å². The Morgan fingerprint density at radius 1 is 0.938 bits per heavy atom. The van der Waals surface area contributed by atoms with Gasteiger partial charge in [0, 0.05) is 25.1 Å². The van der Waals surface area contributed by atoms with Crippen LogP contribution in [0, 0.1) is 5.92 Å². The van der Waals surface area contributed by atoms with Gasteiger partial charge in [0.25, 0.3) is 5.91 Å². The number of nitrogens with one attached hydrogen (secondary N) is 2. The Hall–Kier alpha value is -3.03. The third-order valence-corrected chi connectivity index (χ3v) is 5.29. The van der Waals surface area contributed by atoms with E-state index in [9.17, 15) is 19.5 Å². The summed E-state index contributed by atoms with van der Waals surface area (Å²) in [7, 11) is 0. The summed E-state index contributed by atoms with van der Waals surface area (Å²) in [5, 5.41) is 15.4. The highest BCUT2D eigenvalue weighted by molar-refractivity contribution is 5.94. The Labute approximate surface area is 189 Å². The summed E-state index contributed by atoms with van der Waals surface area (Å²) in [5.74, 6) is -0.770. The summed E-state index contributed by atoms with van der Waals surface area (Å²) >= 11 is 0. The molecule has 172 valence electrons. The maximum atomic E-state index is 12.2. The molecule has 2 aromatic carbocycles. The number of nitrogens with two attached hydrogens (primary N) is 1. The van der Waals surface area contributed by atoms with Crippen LogP contribution >= 0.6 is 0 Å². The number of aryl methyl sites for hydroxylation is 1. The minimum atomic E-state index is -1.10. The van der Waals surface area contributed by atoms with Crippen molar-refractivity contribution in [2.75, 3.05) is 13.1 Å². The summed E-state index contributed by atoms with van der Waals surface area (Å²) in [6.45, 7) is 2.61. The number of hydrogen-bond acceptors (Lipinski definition) is 5. The van der Waals surface area contributed by atoms with E-state index < -0.39 is 11.9 Å². The Kier molecular flexibility index (Phi) is 10.6. The van der Waals surface area contributed by atoms with Gasteiger partial charge in [0.2, 0.25) is 5.91 Å². The molecule has 2 atom stereocenters. The summed E-state index contributed by atoms with van der Waals surface area (Å²) in [5.41, 5.74) is 8.13. The number of aliphatic hydroxyl groups is 1. The summed E-state index contributed by atoms with van der Waals surface area (Å²) in [6, 6.07) is 16.7. The molecule has 0 aliphatic rings. The molecule has 2 aromatic rings. The monoisotopic (exact) mass is 439 g/mol. The minimum absolute atomic E-state index is 0.0352. The van der Waals surface area contributed by atoms with E-state index in [4.69, 9.17) is 5.73 Å². The first-order valence-electron chi connectivity index (χ1n) is 11.0. The fourth-order valence-electron chi connectivity index (χ4n) is 3.23. The Morgan fingerprint density at radius 3 is 2.28 bits per heavy atom. The first-order chi connectivity index (χ1) is 15.4. The molecule has 0 heterocycles. The van der Waals surface area contributed by atoms with Crippen molar-refractivity contribution < 1.29 is 19.5 Å². The van der Waals surface area contributed by atoms with Crippen LogP contribution in [-0.4, -0.2) is 41.9 Å². The van der Waals surface area contributed by atoms with E-state index >= 15 is 0 Å². The van der Waals surface area contributed by atoms with Gasteiger partial charge in [0.15, 0.2) is 5.78 Å². The van der Waals surface area contributed by atoms with Crippen LogP contribution in [0.25, 0.3) is 0 Å². The van der Waals surface area contributed by atoms with E-state index in [-0.39, 0.29) is 30.7 Å². The van der Waals surface area contributed by atoms with Crippen LogP contribution in [0.1, 0.15) is 47.7 Å². The van der Waals surface area contributed by atoms with Crippen LogP contribution in [0.3, 0.4) is 0 Å². The molecule has 2 unspecified atom stereocenters. The van der Waals surface area contributed by atoms with Crippen molar-refractivity contribution in [2.24, 2.45) is 11.7 Å². The highest BCUT2D eigenvalue weighted by Crippen LogP contribution is 2.08. The summed E-state index contributed by atoms with van der Waals surface area (Å²) in [4.78, 5) is 36.3. The van der Waals surface area contributed by atoms with Gasteiger partial charge in [-0.25, -0.2) is 0 Å². The van der Waals surface area contributed by atoms with Crippen molar-refractivity contribution in [1.29, 1.82) is 0 Å². The molecule has 0 saturated heterocycles. The zero-order valence-electron chi connectivity index (χ0n) is 18.5. The Morgan fingerprint density at radius 2 is 1.62 bits per heavy atom. The smallest absolute Gasteiger partial charge is 0.251 e. The molecule has 0 aliphatic carbocycles. The molecule has 0 saturated carbocycles. The van der Waals surface area contributed by atoms with Crippen LogP contribution in [0.4, 0.5) is 0 Å². The molecular formula is C25H33N3O4. The van der Waals surface area contributed by atoms with Gasteiger partial charge in [-0.3, -0.25) is 14.4 Å². The molecule has 32 heavy (non-hydrogen) atoms. The number of carbonyl (C=O) groups excluding carboxylic acids is 3. The molecule has 2 amide bonds. The molecule has 0 spiro atoms. The Bertz CT molecular complexity index is 869. The van der Waals surface area contributed by atoms with E-state index in [2.05, 4.69) is 10.6 Å². The molecule has 2 rings (SSSR count). The first kappa shape index (κ1) is 25.2. The van der Waals surface area contributed by atoms with Crippen molar-refractivity contribution in [3.8, 4) is 0 Å². The molecule has 7 nitrogen and oxygen atoms in total. The largest absolute Gasteiger partial charge is 0.385 e. The topological polar surface area (TPSA) is 122 Å². The molecule has 0 aliphatic heterocycles. The molecule has 0 aromatic heterocycles. The van der Waals surface area contributed by atoms with Crippen molar-refractivity contribution in [1.82, 2.24) is 10.6 Å². The van der Waals surface area contributed by atoms with Gasteiger partial charge in [-0.15, -0.1) is 0 Å². The summed E-state index contributed by atoms with van der Waals surface area (Å²) in [6.07, 6.45) is 0.704. The lowest BCUT2D eigenvalue weighted by Gasteiger charge is -2.13. The lowest BCUT2D eigenvalue weighted by atomic mass is 10.0. The number of carbonyl (C=O) groups is 3. The maximum absolute atomic E-state index is 12.2. The van der Waals surface area contributed by atoms with Gasteiger partial charge in [0.05, 0.1) is 6.54 Å². The number of aliphatic hydroxyl groups excluding tert-OH is 1. The number of ketones is 1. The van der Waals surface area contributed by atoms with Crippen LogP contribution in [0.2, 0.25) is 0 Å². The second-order valence-electron chi connectivity index (χ2n) is 8.04. The van der Waals surface area contributed by atoms with E-state index in [0.717, 1.165) is 11.1 Å². The van der Waals surface area contributed by atoms with Crippen LogP contribution in [0.15, 0.2) is 54.6 Å². The number of rotatable bonds is 13. The fraction of sp³-hybridized carbons (Fsp3) is 0.400. The number of benzene rings is 2. The average Bonchev–Trinajstić information content (AvgIpc) is 2.81. The van der Waals surface area contributed by atoms with Gasteiger partial charge in [-0.2, -0.15) is 0 Å². The van der Waals surface area contributed by atoms with Crippen molar-refractivity contribution >= 4 is 17.6 Å². The molecule has 0 fully saturated rings. The quantitative estimate of drug-likeness (QED) is 0.380. The number of amides is 2. The van der Waals surface area contributed by atoms with Gasteiger partial charge in [-0.1, -0.05) is 49.4 Å². The highest BCUT2D eigenvalue weighted by atomic mass is 16.3. The Balaban J connectivity index is 1.61. The normalized spacial score (nSPS) is 12.6. The predicted molar refractivity (Wildman–Crippen MR) is 124 cm³/mol. The molecule has 7 heteroatoms. The highest BCUT2D eigenvalue weighted by Gasteiger charge is 2.17. The van der Waals surface area contributed by atoms with Gasteiger partial charge in [0.1, 0.15) is 6.10 Å². The first-order valence-corrected chi connectivity index (χ1v) is 11.0. The lowest BCUT2D eigenvalue weighted by molar-refractivity contribution is -0.130. The van der Waals surface area contributed by atoms with Crippen LogP contribution in [-0.2, 0) is 22.6 Å². The van der Waals surface area contributed by atoms with E-state index in [1.807, 2.05) is 49.4 Å². The van der Waals surface area contributed by atoms with Crippen LogP contribution < -0.4 is 16.4 Å². The van der Waals surface area contributed by atoms with Gasteiger partial charge >= 0.3 is 0 Å². The standard InChI is InChI=1S/C25H33N3O4/c1-18(13-14-27-25(32)21-10-7-20(16-26)8-11-21)15-24(31)28-17-23(30)22(29)12-9-19-5-3-2-4-6-19/h2-8,10-11,18,22,29H,9,12-17,26H2,1H3,(H,27,32)(H,28,31). The van der Waals surface area contributed by atoms with Crippen molar-refractivity contribution in [3.05, 3.63) is 71.3 Å². The maximum Gasteiger partial charge on any atom is 0.251 e. The molecule has 0 bridgehead atoms. The molecular weight excluding hydrogens is 406 g/mol. The number of hydrogen-bond donors (Lipinski definition) is 4. The zero-order chi connectivity index (χ0) is 23.3. The lowest BCUT2D eigenvalue weighted by Crippen LogP contribution is -2.36. The predicted octanol–water partition coefficient (Wildman–Crippen LogP) is 1.97. The zero-order valence-corrected chi connectivity index (χ0v) is 18.5. The second-order valence-corrected chi connectivity index (χ2v) is 8.04. The third kappa shape index (κ3) is 8.99. The fourth-order valence-corrected chi connectivity index (χ4v) is 3.23. The van der Waals surface area contributed by atoms with E-state index in [0.29, 0.717) is 37.9 Å². The minimum Gasteiger partial charge on any atom is -0.385 e. The summed E-state index contributed by atoms with van der Waals surface area (Å²) < 4.78 is 0. The van der Waals surface area contributed by atoms with Crippen molar-refractivity contribution in [3.63, 3.8) is 0 Å². The average molecular weight is 440 g/mol. The third-order valence-electron chi connectivity index (χ3n) is 5.29. The van der Waals surface area contributed by atoms with E-state index in [1.165, 1.54) is 0 Å². The van der Waals surface area contributed by atoms with E-state index in [1.54, 1.807) is 12.1 Å². The molecule has 0 radical (unpaired) electrons. The second kappa shape index (κ2) is 13.4. The van der Waals surface area contributed by atoms with Crippen LogP contribution in [0.5, 0.6) is 0 Å².